The molecule has 4 rings (SSSR count). The summed E-state index contributed by atoms with van der Waals surface area (Å²) in [4.78, 5) is 18.3. The monoisotopic (exact) mass is 472 g/mol. The van der Waals surface area contributed by atoms with Gasteiger partial charge in [-0.1, -0.05) is 11.6 Å². The van der Waals surface area contributed by atoms with Crippen LogP contribution in [0.25, 0.3) is 16.9 Å². The van der Waals surface area contributed by atoms with E-state index in [9.17, 15) is 22.4 Å². The Morgan fingerprint density at radius 2 is 2.00 bits per heavy atom. The second-order valence-electron chi connectivity index (χ2n) is 6.49. The second-order valence-corrected chi connectivity index (χ2v) is 7.95. The highest BCUT2D eigenvalue weighted by Crippen LogP contribution is 2.32. The van der Waals surface area contributed by atoms with Crippen molar-refractivity contribution in [3.05, 3.63) is 59.3 Å². The molecule has 6 nitrogen and oxygen atoms in total. The highest BCUT2D eigenvalue weighted by molar-refractivity contribution is 7.99. The lowest BCUT2D eigenvalue weighted by molar-refractivity contribution is -0.274. The fourth-order valence-electron chi connectivity index (χ4n) is 3.05. The first-order chi connectivity index (χ1) is 14.7. The molecular formula is C19H13ClF4N4O2S. The number of alkyl halides is 3. The summed E-state index contributed by atoms with van der Waals surface area (Å²) < 4.78 is 57.2. The van der Waals surface area contributed by atoms with Crippen molar-refractivity contribution in [2.24, 2.45) is 0 Å². The summed E-state index contributed by atoms with van der Waals surface area (Å²) in [7, 11) is 0. The summed E-state index contributed by atoms with van der Waals surface area (Å²) in [5.41, 5.74) is 0.680. The summed E-state index contributed by atoms with van der Waals surface area (Å²) in [6.07, 6.45) is -3.58. The first kappa shape index (κ1) is 21.4. The van der Waals surface area contributed by atoms with Gasteiger partial charge in [-0.05, 0) is 24.3 Å². The quantitative estimate of drug-likeness (QED) is 0.404. The van der Waals surface area contributed by atoms with Crippen molar-refractivity contribution >= 4 is 29.3 Å². The lowest BCUT2D eigenvalue weighted by Gasteiger charge is -2.12. The molecule has 0 aliphatic carbocycles. The van der Waals surface area contributed by atoms with Gasteiger partial charge >= 0.3 is 6.36 Å². The van der Waals surface area contributed by atoms with Gasteiger partial charge in [0.25, 0.3) is 5.91 Å². The number of hydrogen-bond acceptors (Lipinski definition) is 5. The number of amides is 1. The summed E-state index contributed by atoms with van der Waals surface area (Å²) in [5.74, 6) is -0.714. The lowest BCUT2D eigenvalue weighted by Crippen LogP contribution is -2.28. The smallest absolute Gasteiger partial charge is 0.406 e. The maximum Gasteiger partial charge on any atom is 0.573 e. The molecule has 1 amide bonds. The van der Waals surface area contributed by atoms with Crippen LogP contribution in [0, 0.1) is 5.82 Å². The number of benzene rings is 1. The number of aromatic nitrogens is 3. The molecule has 1 aromatic carbocycles. The minimum Gasteiger partial charge on any atom is -0.406 e. The van der Waals surface area contributed by atoms with Crippen LogP contribution in [0.3, 0.4) is 0 Å². The molecule has 1 aliphatic heterocycles. The topological polar surface area (TPSA) is 60.3 Å². The maximum atomic E-state index is 14.1. The summed E-state index contributed by atoms with van der Waals surface area (Å²) in [6.45, 7) is 0.552. The summed E-state index contributed by atoms with van der Waals surface area (Å²) in [6, 6.07) is 7.08. The fraction of sp³-hybridized carbons (Fsp3) is 0.211. The average Bonchev–Trinajstić information content (AvgIpc) is 3.36. The van der Waals surface area contributed by atoms with E-state index in [2.05, 4.69) is 14.8 Å². The van der Waals surface area contributed by atoms with Crippen LogP contribution >= 0.6 is 23.4 Å². The molecule has 0 bridgehead atoms. The standard InChI is InChI=1S/C19H13ClF4N4O2S/c20-17-8-13(1-2-25-17)28-16(9-15(26-28)18(29)27-3-4-31-10-27)11-5-12(21)7-14(6-11)30-19(22,23)24/h1-2,5-9H,3-4,10H2. The molecule has 0 spiro atoms. The van der Waals surface area contributed by atoms with Crippen LogP contribution < -0.4 is 4.74 Å². The van der Waals surface area contributed by atoms with Crippen LogP contribution in [0.5, 0.6) is 5.75 Å². The van der Waals surface area contributed by atoms with E-state index in [1.165, 1.54) is 23.0 Å². The Hall–Kier alpha value is -2.79. The van der Waals surface area contributed by atoms with Crippen LogP contribution in [-0.4, -0.2) is 50.1 Å². The van der Waals surface area contributed by atoms with Crippen LogP contribution in [0.15, 0.2) is 42.6 Å². The number of carbonyl (C=O) groups excluding carboxylic acids is 1. The molecule has 12 heteroatoms. The number of rotatable bonds is 4. The zero-order chi connectivity index (χ0) is 22.2. The molecule has 0 N–H and O–H groups in total. The van der Waals surface area contributed by atoms with Crippen molar-refractivity contribution < 1.29 is 27.1 Å². The van der Waals surface area contributed by atoms with E-state index in [-0.39, 0.29) is 28.0 Å². The summed E-state index contributed by atoms with van der Waals surface area (Å²) in [5, 5.41) is 4.46. The van der Waals surface area contributed by atoms with Crippen molar-refractivity contribution in [1.29, 1.82) is 0 Å². The molecule has 162 valence electrons. The number of hydrogen-bond donors (Lipinski definition) is 0. The van der Waals surface area contributed by atoms with Crippen molar-refractivity contribution in [3.8, 4) is 22.7 Å². The van der Waals surface area contributed by atoms with E-state index in [0.29, 0.717) is 24.2 Å². The van der Waals surface area contributed by atoms with Crippen LogP contribution in [-0.2, 0) is 0 Å². The molecule has 0 unspecified atom stereocenters. The van der Waals surface area contributed by atoms with E-state index < -0.39 is 17.9 Å². The third-order valence-electron chi connectivity index (χ3n) is 4.32. The molecular weight excluding hydrogens is 460 g/mol. The van der Waals surface area contributed by atoms with Gasteiger partial charge in [0, 0.05) is 36.2 Å². The van der Waals surface area contributed by atoms with Gasteiger partial charge in [0.15, 0.2) is 5.69 Å². The predicted molar refractivity (Wildman–Crippen MR) is 107 cm³/mol. The minimum absolute atomic E-state index is 0.0366. The Morgan fingerprint density at radius 1 is 1.19 bits per heavy atom. The maximum absolute atomic E-state index is 14.1. The van der Waals surface area contributed by atoms with Gasteiger partial charge in [-0.25, -0.2) is 14.1 Å². The minimum atomic E-state index is -4.99. The Labute approximate surface area is 182 Å². The third kappa shape index (κ3) is 4.93. The van der Waals surface area contributed by atoms with Gasteiger partial charge in [-0.3, -0.25) is 4.79 Å². The first-order valence-corrected chi connectivity index (χ1v) is 10.4. The normalized spacial score (nSPS) is 14.2. The van der Waals surface area contributed by atoms with Crippen molar-refractivity contribution in [3.63, 3.8) is 0 Å². The molecule has 1 aliphatic rings. The predicted octanol–water partition coefficient (Wildman–Crippen LogP) is 4.77. The molecule has 1 fully saturated rings. The van der Waals surface area contributed by atoms with Crippen molar-refractivity contribution in [2.75, 3.05) is 18.2 Å². The van der Waals surface area contributed by atoms with E-state index >= 15 is 0 Å². The Bertz CT molecular complexity index is 1130. The number of halogens is 5. The highest BCUT2D eigenvalue weighted by atomic mass is 35.5. The first-order valence-electron chi connectivity index (χ1n) is 8.85. The van der Waals surface area contributed by atoms with Gasteiger partial charge < -0.3 is 9.64 Å². The third-order valence-corrected chi connectivity index (χ3v) is 5.50. The van der Waals surface area contributed by atoms with Crippen molar-refractivity contribution in [1.82, 2.24) is 19.7 Å². The molecule has 2 aromatic heterocycles. The zero-order valence-electron chi connectivity index (χ0n) is 15.6. The number of thioether (sulfide) groups is 1. The van der Waals surface area contributed by atoms with E-state index in [4.69, 9.17) is 11.6 Å². The Morgan fingerprint density at radius 3 is 2.68 bits per heavy atom. The number of carbonyl (C=O) groups is 1. The van der Waals surface area contributed by atoms with E-state index in [1.54, 1.807) is 22.7 Å². The average molecular weight is 473 g/mol. The second kappa shape index (κ2) is 8.39. The fourth-order valence-corrected chi connectivity index (χ4v) is 4.16. The van der Waals surface area contributed by atoms with Crippen molar-refractivity contribution in [2.45, 2.75) is 6.36 Å². The molecule has 3 heterocycles. The summed E-state index contributed by atoms with van der Waals surface area (Å²) >= 11 is 7.55. The molecule has 0 radical (unpaired) electrons. The highest BCUT2D eigenvalue weighted by Gasteiger charge is 2.32. The molecule has 31 heavy (non-hydrogen) atoms. The number of ether oxygens (including phenoxy) is 1. The van der Waals surface area contributed by atoms with Gasteiger partial charge in [0.2, 0.25) is 0 Å². The van der Waals surface area contributed by atoms with Gasteiger partial charge in [0.05, 0.1) is 17.3 Å². The van der Waals surface area contributed by atoms with Crippen LogP contribution in [0.2, 0.25) is 5.15 Å². The zero-order valence-corrected chi connectivity index (χ0v) is 17.1. The SMILES string of the molecule is O=C(c1cc(-c2cc(F)cc(OC(F)(F)F)c2)n(-c2ccnc(Cl)c2)n1)N1CCSC1. The molecule has 3 aromatic rings. The molecule has 0 atom stereocenters. The van der Waals surface area contributed by atoms with Gasteiger partial charge in [-0.15, -0.1) is 24.9 Å². The van der Waals surface area contributed by atoms with Gasteiger partial charge in [-0.2, -0.15) is 5.10 Å². The molecule has 0 saturated carbocycles. The Balaban J connectivity index is 1.83. The van der Waals surface area contributed by atoms with E-state index in [1.807, 2.05) is 0 Å². The largest absolute Gasteiger partial charge is 0.573 e. The number of pyridine rings is 1. The number of nitrogens with zero attached hydrogens (tertiary/aromatic N) is 4. The van der Waals surface area contributed by atoms with Crippen LogP contribution in [0.1, 0.15) is 10.5 Å². The molecule has 1 saturated heterocycles. The van der Waals surface area contributed by atoms with Gasteiger partial charge in [0.1, 0.15) is 16.7 Å². The van der Waals surface area contributed by atoms with Crippen LogP contribution in [0.4, 0.5) is 17.6 Å². The Kier molecular flexibility index (Phi) is 5.80. The lowest BCUT2D eigenvalue weighted by atomic mass is 10.1. The van der Waals surface area contributed by atoms with E-state index in [0.717, 1.165) is 17.9 Å².